The fourth-order valence-electron chi connectivity index (χ4n) is 7.03. The Bertz CT molecular complexity index is 2580. The first-order valence-electron chi connectivity index (χ1n) is 19.1. The summed E-state index contributed by atoms with van der Waals surface area (Å²) < 4.78 is 11.1. The van der Waals surface area contributed by atoms with E-state index in [9.17, 15) is 44.1 Å². The molecule has 0 aromatic carbocycles. The zero-order valence-electron chi connectivity index (χ0n) is 33.5. The van der Waals surface area contributed by atoms with Crippen LogP contribution in [0.2, 0.25) is 0 Å². The van der Waals surface area contributed by atoms with Gasteiger partial charge in [-0.15, -0.1) is 0 Å². The maximum Gasteiger partial charge on any atom is 0.323 e. The number of carboxylic acid groups (broad SMARTS) is 4. The molecular weight excluding hydrogens is 793 g/mol. The third-order valence-electron chi connectivity index (χ3n) is 10.3. The minimum atomic E-state index is -1.47. The fourth-order valence-corrected chi connectivity index (χ4v) is 7.03. The second kappa shape index (κ2) is 19.3. The highest BCUT2D eigenvalue weighted by atomic mass is 16.5. The van der Waals surface area contributed by atoms with Crippen LogP contribution in [0.1, 0.15) is 96.9 Å². The predicted octanol–water partition coefficient (Wildman–Crippen LogP) is 5.06. The molecule has 3 aromatic heterocycles. The van der Waals surface area contributed by atoms with E-state index in [0.717, 1.165) is 5.56 Å². The molecule has 3 aromatic rings. The topological polar surface area (TPSA) is 311 Å². The van der Waals surface area contributed by atoms with Crippen LogP contribution in [-0.4, -0.2) is 94.9 Å². The molecule has 2 atom stereocenters. The van der Waals surface area contributed by atoms with Gasteiger partial charge < -0.3 is 51.3 Å². The summed E-state index contributed by atoms with van der Waals surface area (Å²) in [6, 6.07) is 4.13. The van der Waals surface area contributed by atoms with Gasteiger partial charge in [0.05, 0.1) is 29.2 Å². The van der Waals surface area contributed by atoms with E-state index in [1.807, 2.05) is 6.92 Å². The van der Waals surface area contributed by atoms with Crippen molar-refractivity contribution in [3.05, 3.63) is 82.5 Å². The molecule has 0 unspecified atom stereocenters. The lowest BCUT2D eigenvalue weighted by Gasteiger charge is -2.12. The van der Waals surface area contributed by atoms with Gasteiger partial charge in [-0.3, -0.25) is 28.8 Å². The summed E-state index contributed by atoms with van der Waals surface area (Å²) in [6.07, 6.45) is 1.43. The molecule has 2 aliphatic rings. The number of esters is 2. The van der Waals surface area contributed by atoms with Crippen LogP contribution < -0.4 is 11.5 Å². The van der Waals surface area contributed by atoms with Crippen LogP contribution in [0.4, 0.5) is 0 Å². The van der Waals surface area contributed by atoms with Gasteiger partial charge in [0.1, 0.15) is 25.3 Å². The van der Waals surface area contributed by atoms with E-state index >= 15 is 0 Å². The molecule has 18 nitrogen and oxygen atoms in total. The van der Waals surface area contributed by atoms with E-state index in [1.54, 1.807) is 43.3 Å². The molecule has 2 aliphatic heterocycles. The average Bonchev–Trinajstić information content (AvgIpc) is 3.88. The van der Waals surface area contributed by atoms with Crippen molar-refractivity contribution in [3.8, 4) is 0 Å². The Morgan fingerprint density at radius 1 is 0.639 bits per heavy atom. The molecule has 0 radical (unpaired) electrons. The van der Waals surface area contributed by atoms with Crippen molar-refractivity contribution < 1.29 is 58.7 Å². The van der Waals surface area contributed by atoms with Crippen molar-refractivity contribution in [2.75, 3.05) is 6.61 Å². The molecule has 5 heterocycles. The van der Waals surface area contributed by atoms with Crippen molar-refractivity contribution in [3.63, 3.8) is 0 Å². The smallest absolute Gasteiger partial charge is 0.323 e. The number of rotatable bonds is 19. The number of allylic oxidation sites excluding steroid dienone is 3. The first-order chi connectivity index (χ1) is 28.9. The zero-order chi connectivity index (χ0) is 44.7. The van der Waals surface area contributed by atoms with Crippen molar-refractivity contribution in [2.45, 2.75) is 77.5 Å². The summed E-state index contributed by atoms with van der Waals surface area (Å²) in [5.41, 5.74) is 19.5. The van der Waals surface area contributed by atoms with Gasteiger partial charge in [0.2, 0.25) is 0 Å². The number of nitrogens with one attached hydrogen (secondary N) is 2. The summed E-state index contributed by atoms with van der Waals surface area (Å²) in [6.45, 7) is 10.9. The van der Waals surface area contributed by atoms with Crippen molar-refractivity contribution in [1.29, 1.82) is 0 Å². The van der Waals surface area contributed by atoms with Crippen molar-refractivity contribution in [2.24, 2.45) is 11.5 Å². The molecule has 10 N–H and O–H groups in total. The monoisotopic (exact) mass is 838 g/mol. The lowest BCUT2D eigenvalue weighted by molar-refractivity contribution is -0.148. The number of aromatic amines is 2. The molecule has 8 bridgehead atoms. The van der Waals surface area contributed by atoms with E-state index in [4.69, 9.17) is 36.0 Å². The number of aliphatic carboxylic acids is 4. The first kappa shape index (κ1) is 44.9. The van der Waals surface area contributed by atoms with E-state index in [-0.39, 0.29) is 56.5 Å². The van der Waals surface area contributed by atoms with Gasteiger partial charge >= 0.3 is 35.8 Å². The lowest BCUT2D eigenvalue weighted by atomic mass is 9.98. The molecule has 0 amide bonds. The van der Waals surface area contributed by atoms with E-state index in [0.29, 0.717) is 72.4 Å². The SMILES string of the molecule is C=Cc1c(C)c2cc3[nH]c(cc4nc(cc5nc(cc1[nH]2)C(COC(=O)[C@@H](N)CC(=O)O)=C5CCC(=O)O)C(CCC(=O)O)=C4C)c(COC(=O)[C@@H](N)CCC(=O)O)c3C=C. The summed E-state index contributed by atoms with van der Waals surface area (Å²) in [5.74, 6) is -6.40. The number of H-pyrrole nitrogens is 2. The van der Waals surface area contributed by atoms with Crippen LogP contribution in [0.5, 0.6) is 0 Å². The Balaban J connectivity index is 1.84. The summed E-state index contributed by atoms with van der Waals surface area (Å²) >= 11 is 0. The molecule has 0 fully saturated rings. The van der Waals surface area contributed by atoms with Gasteiger partial charge in [0, 0.05) is 63.6 Å². The number of carboxylic acids is 4. The van der Waals surface area contributed by atoms with Crippen LogP contribution in [0.25, 0.3) is 56.5 Å². The number of hydrogen-bond acceptors (Lipinski definition) is 12. The molecule has 0 saturated heterocycles. The summed E-state index contributed by atoms with van der Waals surface area (Å²) in [7, 11) is 0. The third kappa shape index (κ3) is 10.5. The van der Waals surface area contributed by atoms with Gasteiger partial charge in [-0.1, -0.05) is 25.3 Å². The number of ether oxygens (including phenoxy) is 2. The van der Waals surface area contributed by atoms with Gasteiger partial charge in [-0.25, -0.2) is 9.97 Å². The molecule has 61 heavy (non-hydrogen) atoms. The zero-order valence-corrected chi connectivity index (χ0v) is 33.5. The third-order valence-corrected chi connectivity index (χ3v) is 10.3. The minimum absolute atomic E-state index is 0.0528. The number of carbonyl (C=O) groups excluding carboxylic acids is 2. The fraction of sp³-hybridized carbons (Fsp3) is 0.302. The maximum atomic E-state index is 12.9. The predicted molar refractivity (Wildman–Crippen MR) is 225 cm³/mol. The Morgan fingerprint density at radius 2 is 1.16 bits per heavy atom. The number of aromatic nitrogens is 4. The molecule has 5 rings (SSSR count). The Hall–Kier alpha value is -7.18. The molecule has 0 saturated carbocycles. The molecule has 0 spiro atoms. The number of fused-ring (bicyclic) bond motifs is 8. The first-order valence-corrected chi connectivity index (χ1v) is 19.1. The van der Waals surface area contributed by atoms with Gasteiger partial charge in [-0.2, -0.15) is 0 Å². The molecule has 0 aliphatic carbocycles. The van der Waals surface area contributed by atoms with Gasteiger partial charge in [0.15, 0.2) is 0 Å². The largest absolute Gasteiger partial charge is 0.481 e. The van der Waals surface area contributed by atoms with Gasteiger partial charge in [0.25, 0.3) is 0 Å². The maximum absolute atomic E-state index is 12.9. The minimum Gasteiger partial charge on any atom is -0.481 e. The summed E-state index contributed by atoms with van der Waals surface area (Å²) in [5, 5.41) is 37.7. The number of nitrogens with zero attached hydrogens (tertiary/aromatic N) is 2. The molecule has 18 heteroatoms. The highest BCUT2D eigenvalue weighted by Crippen LogP contribution is 2.39. The summed E-state index contributed by atoms with van der Waals surface area (Å²) in [4.78, 5) is 88.5. The van der Waals surface area contributed by atoms with Crippen molar-refractivity contribution >= 4 is 92.3 Å². The van der Waals surface area contributed by atoms with E-state index in [1.165, 1.54) is 0 Å². The van der Waals surface area contributed by atoms with Gasteiger partial charge in [-0.05, 0) is 79.7 Å². The standard InChI is InChI=1S/C43H46N6O12/c1-5-22-20(3)30-14-33-23(6-2)26(18-60-42(58)28(44)9-12-40(54)55)36(48-33)15-31-21(4)24(7-10-38(50)51)34(47-31)17-35-25(8-11-39(52)53)27(37(49-35)16-32(22)46-30)19-61-43(59)29(45)13-41(56)57/h5-6,14-17,28-29,46,48H,1-2,7-13,18-19,44-45H2,3-4H3,(H,50,51)(H,52,53)(H,54,55)(H,56,57)/t28-,29-/m0/s1. The number of nitrogens with two attached hydrogens (primary N) is 2. The molecule has 320 valence electrons. The normalized spacial score (nSPS) is 13.4. The Kier molecular flexibility index (Phi) is 14.2. The highest BCUT2D eigenvalue weighted by molar-refractivity contribution is 5.98. The van der Waals surface area contributed by atoms with Crippen LogP contribution in [-0.2, 0) is 44.8 Å². The highest BCUT2D eigenvalue weighted by Gasteiger charge is 2.27. The lowest BCUT2D eigenvalue weighted by Crippen LogP contribution is -2.34. The second-order valence-electron chi connectivity index (χ2n) is 14.4. The number of hydrogen-bond donors (Lipinski definition) is 8. The van der Waals surface area contributed by atoms with Crippen LogP contribution in [0, 0.1) is 6.92 Å². The van der Waals surface area contributed by atoms with Crippen molar-refractivity contribution in [1.82, 2.24) is 19.9 Å². The number of carbonyl (C=O) groups is 6. The van der Waals surface area contributed by atoms with Crippen LogP contribution >= 0.6 is 0 Å². The van der Waals surface area contributed by atoms with E-state index in [2.05, 4.69) is 23.1 Å². The van der Waals surface area contributed by atoms with E-state index < -0.39 is 60.9 Å². The Morgan fingerprint density at radius 3 is 1.79 bits per heavy atom. The Labute approximate surface area is 348 Å². The number of aryl methyl sites for hydroxylation is 1. The molecular formula is C43H46N6O12. The quantitative estimate of drug-likeness (QED) is 0.0731. The van der Waals surface area contributed by atoms with Crippen LogP contribution in [0.3, 0.4) is 0 Å². The average molecular weight is 839 g/mol. The second-order valence-corrected chi connectivity index (χ2v) is 14.4. The van der Waals surface area contributed by atoms with Crippen LogP contribution in [0.15, 0.2) is 37.4 Å².